The number of para-hydroxylation sites is 2. The van der Waals surface area contributed by atoms with Crippen LogP contribution in [0.2, 0.25) is 0 Å². The Morgan fingerprint density at radius 1 is 0.774 bits per heavy atom. The molecule has 5 aromatic rings. The average Bonchev–Trinajstić information content (AvgIpc) is 3.26. The first-order chi connectivity index (χ1) is 15.2. The molecule has 0 bridgehead atoms. The molecule has 0 fully saturated rings. The van der Waals surface area contributed by atoms with Gasteiger partial charge in [-0.2, -0.15) is 5.10 Å². The second kappa shape index (κ2) is 7.76. The first-order valence-electron chi connectivity index (χ1n) is 9.79. The van der Waals surface area contributed by atoms with E-state index in [1.54, 1.807) is 10.7 Å². The topological polar surface area (TPSA) is 70.7 Å². The van der Waals surface area contributed by atoms with Crippen LogP contribution in [0.3, 0.4) is 0 Å². The fourth-order valence-corrected chi connectivity index (χ4v) is 3.64. The second-order valence-electron chi connectivity index (χ2n) is 6.98. The summed E-state index contributed by atoms with van der Waals surface area (Å²) in [6.07, 6.45) is 2.93. The number of carbonyl (C=O) groups is 1. The van der Waals surface area contributed by atoms with Crippen molar-refractivity contribution in [2.75, 3.05) is 4.90 Å². The molecule has 0 saturated carbocycles. The average molecular weight is 406 g/mol. The molecule has 0 radical (unpaired) electrons. The van der Waals surface area contributed by atoms with E-state index in [1.165, 1.54) is 6.20 Å². The van der Waals surface area contributed by atoms with Gasteiger partial charge in [-0.1, -0.05) is 48.5 Å². The maximum atomic E-state index is 11.4. The normalized spacial score (nSPS) is 10.8. The van der Waals surface area contributed by atoms with Crippen molar-refractivity contribution in [1.29, 1.82) is 0 Å². The highest BCUT2D eigenvalue weighted by Gasteiger charge is 2.16. The van der Waals surface area contributed by atoms with Gasteiger partial charge in [0.2, 0.25) is 0 Å². The van der Waals surface area contributed by atoms with E-state index in [0.717, 1.165) is 28.3 Å². The molecule has 0 aliphatic rings. The molecule has 0 aliphatic carbocycles. The highest BCUT2D eigenvalue weighted by molar-refractivity contribution is 5.94. The molecule has 0 unspecified atom stereocenters. The van der Waals surface area contributed by atoms with Crippen molar-refractivity contribution in [3.8, 4) is 11.3 Å². The van der Waals surface area contributed by atoms with Gasteiger partial charge in [0.25, 0.3) is 0 Å². The predicted molar refractivity (Wildman–Crippen MR) is 120 cm³/mol. The Hall–Kier alpha value is -4.45. The lowest BCUT2D eigenvalue weighted by atomic mass is 10.1. The summed E-state index contributed by atoms with van der Waals surface area (Å²) in [7, 11) is 0. The minimum Gasteiger partial charge on any atom is -0.477 e. The highest BCUT2D eigenvalue weighted by atomic mass is 16.4. The minimum atomic E-state index is -1.05. The molecule has 0 spiro atoms. The van der Waals surface area contributed by atoms with E-state index in [2.05, 4.69) is 39.2 Å². The molecule has 0 saturated heterocycles. The monoisotopic (exact) mass is 406 g/mol. The van der Waals surface area contributed by atoms with Crippen LogP contribution in [0.15, 0.2) is 103 Å². The van der Waals surface area contributed by atoms with E-state index in [4.69, 9.17) is 0 Å². The maximum absolute atomic E-state index is 11.4. The van der Waals surface area contributed by atoms with Gasteiger partial charge in [-0.25, -0.2) is 14.3 Å². The molecule has 0 amide bonds. The molecule has 6 nitrogen and oxygen atoms in total. The van der Waals surface area contributed by atoms with Crippen LogP contribution in [0.1, 0.15) is 10.4 Å². The molecule has 2 heterocycles. The van der Waals surface area contributed by atoms with Crippen molar-refractivity contribution in [3.63, 3.8) is 0 Å². The van der Waals surface area contributed by atoms with Crippen LogP contribution in [0.4, 0.5) is 17.1 Å². The molecular weight excluding hydrogens is 388 g/mol. The van der Waals surface area contributed by atoms with Crippen molar-refractivity contribution in [2.24, 2.45) is 0 Å². The number of anilines is 3. The third-order valence-corrected chi connectivity index (χ3v) is 5.08. The van der Waals surface area contributed by atoms with Gasteiger partial charge in [0.1, 0.15) is 5.56 Å². The number of aromatic carboxylic acids is 1. The lowest BCUT2D eigenvalue weighted by molar-refractivity contribution is 0.0698. The summed E-state index contributed by atoms with van der Waals surface area (Å²) < 4.78 is 1.56. The zero-order valence-corrected chi connectivity index (χ0v) is 16.5. The Bertz CT molecular complexity index is 1310. The Kier molecular flexibility index (Phi) is 4.65. The summed E-state index contributed by atoms with van der Waals surface area (Å²) in [5.41, 5.74) is 5.23. The van der Waals surface area contributed by atoms with E-state index in [1.807, 2.05) is 66.7 Å². The fraction of sp³-hybridized carbons (Fsp3) is 0. The molecule has 150 valence electrons. The van der Waals surface area contributed by atoms with Gasteiger partial charge in [0.05, 0.1) is 11.9 Å². The Morgan fingerprint density at radius 2 is 1.35 bits per heavy atom. The number of hydrogen-bond acceptors (Lipinski definition) is 4. The molecule has 2 aromatic heterocycles. The highest BCUT2D eigenvalue weighted by Crippen LogP contribution is 2.35. The van der Waals surface area contributed by atoms with Gasteiger partial charge in [-0.3, -0.25) is 0 Å². The SMILES string of the molecule is O=C(O)c1cnn2c(-c3ccc(N(c4ccccc4)c4ccccc4)cc3)ccnc12. The number of fused-ring (bicyclic) bond motifs is 1. The van der Waals surface area contributed by atoms with Crippen LogP contribution in [-0.4, -0.2) is 25.7 Å². The van der Waals surface area contributed by atoms with Crippen molar-refractivity contribution in [2.45, 2.75) is 0 Å². The van der Waals surface area contributed by atoms with Crippen LogP contribution < -0.4 is 4.90 Å². The van der Waals surface area contributed by atoms with Gasteiger partial charge in [0.15, 0.2) is 5.65 Å². The molecule has 0 atom stereocenters. The third-order valence-electron chi connectivity index (χ3n) is 5.08. The number of nitrogens with zero attached hydrogens (tertiary/aromatic N) is 4. The van der Waals surface area contributed by atoms with E-state index >= 15 is 0 Å². The van der Waals surface area contributed by atoms with Gasteiger partial charge >= 0.3 is 5.97 Å². The zero-order chi connectivity index (χ0) is 21.2. The van der Waals surface area contributed by atoms with Crippen molar-refractivity contribution in [3.05, 3.63) is 109 Å². The number of aromatic nitrogens is 3. The minimum absolute atomic E-state index is 0.0813. The van der Waals surface area contributed by atoms with Crippen LogP contribution in [0.25, 0.3) is 16.9 Å². The third kappa shape index (κ3) is 3.40. The van der Waals surface area contributed by atoms with Gasteiger partial charge in [-0.05, 0) is 42.5 Å². The zero-order valence-electron chi connectivity index (χ0n) is 16.5. The van der Waals surface area contributed by atoms with E-state index in [0.29, 0.717) is 5.65 Å². The van der Waals surface area contributed by atoms with Gasteiger partial charge in [-0.15, -0.1) is 0 Å². The fourth-order valence-electron chi connectivity index (χ4n) is 3.64. The summed E-state index contributed by atoms with van der Waals surface area (Å²) in [5.74, 6) is -1.05. The van der Waals surface area contributed by atoms with Crippen LogP contribution in [0.5, 0.6) is 0 Å². The van der Waals surface area contributed by atoms with Crippen LogP contribution in [0, 0.1) is 0 Å². The summed E-state index contributed by atoms with van der Waals surface area (Å²) in [6.45, 7) is 0. The van der Waals surface area contributed by atoms with E-state index in [-0.39, 0.29) is 5.56 Å². The van der Waals surface area contributed by atoms with E-state index in [9.17, 15) is 9.90 Å². The van der Waals surface area contributed by atoms with Gasteiger partial charge < -0.3 is 10.0 Å². The summed E-state index contributed by atoms with van der Waals surface area (Å²) >= 11 is 0. The molecule has 1 N–H and O–H groups in total. The second-order valence-corrected chi connectivity index (χ2v) is 6.98. The smallest absolute Gasteiger partial charge is 0.341 e. The Morgan fingerprint density at radius 3 is 1.94 bits per heavy atom. The first kappa shape index (κ1) is 18.6. The van der Waals surface area contributed by atoms with Crippen molar-refractivity contribution in [1.82, 2.24) is 14.6 Å². The van der Waals surface area contributed by atoms with E-state index < -0.39 is 5.97 Å². The van der Waals surface area contributed by atoms with Crippen molar-refractivity contribution >= 4 is 28.7 Å². The molecule has 3 aromatic carbocycles. The molecule has 6 heteroatoms. The lowest BCUT2D eigenvalue weighted by Crippen LogP contribution is -2.09. The molecule has 31 heavy (non-hydrogen) atoms. The Labute approximate surface area is 178 Å². The summed E-state index contributed by atoms with van der Waals surface area (Å²) in [5, 5.41) is 13.6. The number of hydrogen-bond donors (Lipinski definition) is 1. The molecule has 5 rings (SSSR count). The van der Waals surface area contributed by atoms with Crippen LogP contribution >= 0.6 is 0 Å². The number of carboxylic acids is 1. The standard InChI is InChI=1S/C25H18N4O2/c30-25(31)22-17-27-29-23(15-16-26-24(22)29)18-11-13-21(14-12-18)28(19-7-3-1-4-8-19)20-9-5-2-6-10-20/h1-17H,(H,30,31). The molecular formula is C25H18N4O2. The summed E-state index contributed by atoms with van der Waals surface area (Å²) in [6, 6.07) is 30.3. The number of rotatable bonds is 5. The number of benzene rings is 3. The van der Waals surface area contributed by atoms with Crippen molar-refractivity contribution < 1.29 is 9.90 Å². The largest absolute Gasteiger partial charge is 0.477 e. The maximum Gasteiger partial charge on any atom is 0.341 e. The Balaban J connectivity index is 1.58. The van der Waals surface area contributed by atoms with Gasteiger partial charge in [0, 0.05) is 28.8 Å². The number of carboxylic acid groups (broad SMARTS) is 1. The van der Waals surface area contributed by atoms with Crippen LogP contribution in [-0.2, 0) is 0 Å². The predicted octanol–water partition coefficient (Wildman–Crippen LogP) is 5.56. The lowest BCUT2D eigenvalue weighted by Gasteiger charge is -2.25. The molecule has 0 aliphatic heterocycles. The first-order valence-corrected chi connectivity index (χ1v) is 9.79. The summed E-state index contributed by atoms with van der Waals surface area (Å²) in [4.78, 5) is 17.8. The quantitative estimate of drug-likeness (QED) is 0.413.